The summed E-state index contributed by atoms with van der Waals surface area (Å²) in [5, 5.41) is 3.38. The Morgan fingerprint density at radius 1 is 1.12 bits per heavy atom. The number of methoxy groups -OCH3 is 1. The van der Waals surface area contributed by atoms with Crippen molar-refractivity contribution in [2.75, 3.05) is 24.2 Å². The number of hydrogen-bond donors (Lipinski definition) is 1. The number of carbonyl (C=O) groups excluding carboxylic acids is 2. The molecule has 34 heavy (non-hydrogen) atoms. The number of rotatable bonds is 11. The fourth-order valence-corrected chi connectivity index (χ4v) is 4.30. The van der Waals surface area contributed by atoms with Crippen LogP contribution in [0.2, 0.25) is 5.02 Å². The Kier molecular flexibility index (Phi) is 9.76. The topological polar surface area (TPSA) is 96.0 Å². The van der Waals surface area contributed by atoms with Crippen molar-refractivity contribution in [2.45, 2.75) is 45.8 Å². The Balaban J connectivity index is 2.37. The van der Waals surface area contributed by atoms with E-state index < -0.39 is 28.5 Å². The largest absolute Gasteiger partial charge is 0.497 e. The minimum absolute atomic E-state index is 0.0649. The van der Waals surface area contributed by atoms with Crippen molar-refractivity contribution in [1.29, 1.82) is 0 Å². The monoisotopic (exact) mass is 509 g/mol. The molecule has 0 heterocycles. The van der Waals surface area contributed by atoms with Gasteiger partial charge in [0.05, 0.1) is 19.1 Å². The zero-order chi connectivity index (χ0) is 25.5. The normalized spacial score (nSPS) is 13.0. The Bertz CT molecular complexity index is 1090. The zero-order valence-electron chi connectivity index (χ0n) is 20.1. The second-order valence-electron chi connectivity index (χ2n) is 8.11. The lowest BCUT2D eigenvalue weighted by Crippen LogP contribution is -2.52. The molecule has 0 spiro atoms. The van der Waals surface area contributed by atoms with E-state index in [9.17, 15) is 18.0 Å². The lowest BCUT2D eigenvalue weighted by molar-refractivity contribution is -0.139. The number of ether oxygens (including phenoxy) is 1. The molecule has 2 rings (SSSR count). The fourth-order valence-electron chi connectivity index (χ4n) is 3.24. The first-order valence-electron chi connectivity index (χ1n) is 10.9. The second kappa shape index (κ2) is 12.1. The van der Waals surface area contributed by atoms with Gasteiger partial charge >= 0.3 is 0 Å². The molecule has 2 amide bonds. The van der Waals surface area contributed by atoms with Gasteiger partial charge < -0.3 is 15.0 Å². The first kappa shape index (κ1) is 27.5. The molecule has 8 nitrogen and oxygen atoms in total. The van der Waals surface area contributed by atoms with Crippen LogP contribution in [0.15, 0.2) is 48.5 Å². The van der Waals surface area contributed by atoms with E-state index in [1.54, 1.807) is 55.5 Å². The highest BCUT2D eigenvalue weighted by atomic mass is 35.5. The van der Waals surface area contributed by atoms with Crippen molar-refractivity contribution in [3.63, 3.8) is 0 Å². The van der Waals surface area contributed by atoms with Crippen molar-refractivity contribution >= 4 is 39.1 Å². The number of carbonyl (C=O) groups is 2. The van der Waals surface area contributed by atoms with Gasteiger partial charge in [-0.15, -0.1) is 0 Å². The van der Waals surface area contributed by atoms with Gasteiger partial charge in [-0.05, 0) is 62.2 Å². The van der Waals surface area contributed by atoms with Crippen molar-refractivity contribution in [3.8, 4) is 5.75 Å². The van der Waals surface area contributed by atoms with E-state index in [2.05, 4.69) is 5.32 Å². The molecule has 0 aliphatic rings. The van der Waals surface area contributed by atoms with Gasteiger partial charge in [-0.25, -0.2) is 8.42 Å². The molecule has 0 aliphatic heterocycles. The maximum absolute atomic E-state index is 13.5. The van der Waals surface area contributed by atoms with E-state index >= 15 is 0 Å². The van der Waals surface area contributed by atoms with Gasteiger partial charge in [0.25, 0.3) is 0 Å². The molecule has 186 valence electrons. The van der Waals surface area contributed by atoms with Crippen molar-refractivity contribution in [2.24, 2.45) is 0 Å². The second-order valence-corrected chi connectivity index (χ2v) is 10.5. The molecule has 0 aliphatic carbocycles. The Morgan fingerprint density at radius 2 is 1.76 bits per heavy atom. The summed E-state index contributed by atoms with van der Waals surface area (Å²) in [4.78, 5) is 27.7. The van der Waals surface area contributed by atoms with Crippen LogP contribution in [0.25, 0.3) is 0 Å². The lowest BCUT2D eigenvalue weighted by Gasteiger charge is -2.32. The predicted molar refractivity (Wildman–Crippen MR) is 135 cm³/mol. The summed E-state index contributed by atoms with van der Waals surface area (Å²) in [5.74, 6) is -0.283. The van der Waals surface area contributed by atoms with Crippen LogP contribution in [-0.4, -0.2) is 57.1 Å². The van der Waals surface area contributed by atoms with Crippen LogP contribution in [0.3, 0.4) is 0 Å². The van der Waals surface area contributed by atoms with Crippen LogP contribution >= 0.6 is 11.6 Å². The summed E-state index contributed by atoms with van der Waals surface area (Å²) in [6, 6.07) is 12.4. The standard InChI is InChI=1S/C24H32ClN3O5S/c1-6-17(2)26-24(30)18(3)27(15-19-8-7-9-20(25)14-19)23(29)16-28(34(5,31)32)21-10-12-22(33-4)13-11-21/h7-14,17-18H,6,15-16H2,1-5H3,(H,26,30). The average Bonchev–Trinajstić information content (AvgIpc) is 2.79. The third-order valence-corrected chi connectivity index (χ3v) is 6.83. The van der Waals surface area contributed by atoms with Crippen LogP contribution < -0.4 is 14.4 Å². The third-order valence-electron chi connectivity index (χ3n) is 5.45. The van der Waals surface area contributed by atoms with Gasteiger partial charge in [0.2, 0.25) is 21.8 Å². The van der Waals surface area contributed by atoms with E-state index in [1.165, 1.54) is 12.0 Å². The highest BCUT2D eigenvalue weighted by Gasteiger charge is 2.30. The highest BCUT2D eigenvalue weighted by molar-refractivity contribution is 7.92. The van der Waals surface area contributed by atoms with Crippen LogP contribution in [0, 0.1) is 0 Å². The maximum Gasteiger partial charge on any atom is 0.244 e. The minimum Gasteiger partial charge on any atom is -0.497 e. The fraction of sp³-hybridized carbons (Fsp3) is 0.417. The molecule has 0 saturated heterocycles. The van der Waals surface area contributed by atoms with Crippen molar-refractivity contribution in [1.82, 2.24) is 10.2 Å². The van der Waals surface area contributed by atoms with Crippen LogP contribution in [0.1, 0.15) is 32.8 Å². The number of benzene rings is 2. The number of amides is 2. The number of halogens is 1. The van der Waals surface area contributed by atoms with E-state index in [1.807, 2.05) is 13.8 Å². The number of sulfonamides is 1. The molecule has 0 radical (unpaired) electrons. The van der Waals surface area contributed by atoms with Gasteiger partial charge in [-0.3, -0.25) is 13.9 Å². The summed E-state index contributed by atoms with van der Waals surface area (Å²) in [6.45, 7) is 5.08. The highest BCUT2D eigenvalue weighted by Crippen LogP contribution is 2.22. The van der Waals surface area contributed by atoms with E-state index in [0.717, 1.165) is 22.5 Å². The zero-order valence-corrected chi connectivity index (χ0v) is 21.7. The molecule has 2 aromatic carbocycles. The number of anilines is 1. The molecule has 10 heteroatoms. The Morgan fingerprint density at radius 3 is 2.29 bits per heavy atom. The molecule has 0 aromatic heterocycles. The Hall–Kier alpha value is -2.78. The summed E-state index contributed by atoms with van der Waals surface area (Å²) in [7, 11) is -2.28. The lowest BCUT2D eigenvalue weighted by atomic mass is 10.1. The average molecular weight is 510 g/mol. The van der Waals surface area contributed by atoms with Crippen LogP contribution in [0.5, 0.6) is 5.75 Å². The summed E-state index contributed by atoms with van der Waals surface area (Å²) in [5.41, 5.74) is 1.04. The number of hydrogen-bond acceptors (Lipinski definition) is 5. The third kappa shape index (κ3) is 7.63. The SMILES string of the molecule is CCC(C)NC(=O)C(C)N(Cc1cccc(Cl)c1)C(=O)CN(c1ccc(OC)cc1)S(C)(=O)=O. The number of nitrogens with one attached hydrogen (secondary N) is 1. The van der Waals surface area contributed by atoms with Crippen molar-refractivity contribution < 1.29 is 22.7 Å². The first-order chi connectivity index (χ1) is 16.0. The molecule has 2 aromatic rings. The summed E-state index contributed by atoms with van der Waals surface area (Å²) in [6.07, 6.45) is 1.77. The molecule has 1 N–H and O–H groups in total. The van der Waals surface area contributed by atoms with Gasteiger partial charge in [-0.1, -0.05) is 30.7 Å². The molecule has 2 unspecified atom stereocenters. The van der Waals surface area contributed by atoms with Crippen LogP contribution in [0.4, 0.5) is 5.69 Å². The van der Waals surface area contributed by atoms with E-state index in [4.69, 9.17) is 16.3 Å². The molecule has 2 atom stereocenters. The van der Waals surface area contributed by atoms with Gasteiger partial charge in [-0.2, -0.15) is 0 Å². The quantitative estimate of drug-likeness (QED) is 0.500. The van der Waals surface area contributed by atoms with Crippen molar-refractivity contribution in [3.05, 3.63) is 59.1 Å². The van der Waals surface area contributed by atoms with Gasteiger partial charge in [0.15, 0.2) is 0 Å². The molecule has 0 fully saturated rings. The number of nitrogens with zero attached hydrogens (tertiary/aromatic N) is 2. The molecular weight excluding hydrogens is 478 g/mol. The summed E-state index contributed by atoms with van der Waals surface area (Å²) < 4.78 is 31.3. The maximum atomic E-state index is 13.5. The minimum atomic E-state index is -3.79. The summed E-state index contributed by atoms with van der Waals surface area (Å²) >= 11 is 6.11. The van der Waals surface area contributed by atoms with Gasteiger partial charge in [0.1, 0.15) is 18.3 Å². The molecular formula is C24H32ClN3O5S. The molecule has 0 saturated carbocycles. The smallest absolute Gasteiger partial charge is 0.244 e. The van der Waals surface area contributed by atoms with Crippen LogP contribution in [-0.2, 0) is 26.2 Å². The van der Waals surface area contributed by atoms with Gasteiger partial charge in [0, 0.05) is 17.6 Å². The first-order valence-corrected chi connectivity index (χ1v) is 13.1. The Labute approximate surface area is 206 Å². The molecule has 0 bridgehead atoms. The van der Waals surface area contributed by atoms with E-state index in [-0.39, 0.29) is 18.5 Å². The predicted octanol–water partition coefficient (Wildman–Crippen LogP) is 3.45. The van der Waals surface area contributed by atoms with E-state index in [0.29, 0.717) is 16.5 Å².